The van der Waals surface area contributed by atoms with Crippen molar-refractivity contribution >= 4 is 13.9 Å². The summed E-state index contributed by atoms with van der Waals surface area (Å²) in [7, 11) is -1.17. The lowest BCUT2D eigenvalue weighted by atomic mass is 9.90. The second-order valence-electron chi connectivity index (χ2n) is 6.01. The van der Waals surface area contributed by atoms with Crippen LogP contribution in [0.1, 0.15) is 27.2 Å². The zero-order chi connectivity index (χ0) is 9.99. The number of carbonyl (C=O) groups excluding carboxylic acids is 1. The van der Waals surface area contributed by atoms with Crippen molar-refractivity contribution in [2.75, 3.05) is 0 Å². The van der Waals surface area contributed by atoms with Gasteiger partial charge in [0.1, 0.15) is 5.78 Å². The zero-order valence-corrected chi connectivity index (χ0v) is 10.3. The Morgan fingerprint density at radius 1 is 1.17 bits per heavy atom. The van der Waals surface area contributed by atoms with E-state index in [1.807, 2.05) is 0 Å². The van der Waals surface area contributed by atoms with Crippen LogP contribution in [-0.4, -0.2) is 13.9 Å². The van der Waals surface area contributed by atoms with Gasteiger partial charge in [-0.05, 0) is 5.41 Å². The third-order valence-corrected chi connectivity index (χ3v) is 2.91. The molecule has 0 aliphatic rings. The molecule has 0 unspecified atom stereocenters. The Hall–Kier alpha value is -0.113. The molecule has 0 aromatic heterocycles. The quantitative estimate of drug-likeness (QED) is 0.618. The van der Waals surface area contributed by atoms with E-state index in [-0.39, 0.29) is 5.41 Å². The molecule has 0 aromatic carbocycles. The maximum absolute atomic E-state index is 11.5. The fraction of sp³-hybridized carbons (Fsp3) is 0.900. The lowest BCUT2D eigenvalue weighted by Gasteiger charge is -2.20. The fourth-order valence-electron chi connectivity index (χ4n) is 1.25. The number of ketones is 1. The fourth-order valence-corrected chi connectivity index (χ4v) is 2.55. The molecule has 0 radical (unpaired) electrons. The highest BCUT2D eigenvalue weighted by Gasteiger charge is 2.22. The highest BCUT2D eigenvalue weighted by atomic mass is 28.3. The largest absolute Gasteiger partial charge is 0.300 e. The number of rotatable bonds is 3. The molecular weight excluding hydrogens is 164 g/mol. The van der Waals surface area contributed by atoms with Gasteiger partial charge >= 0.3 is 0 Å². The van der Waals surface area contributed by atoms with Crippen LogP contribution >= 0.6 is 0 Å². The van der Waals surface area contributed by atoms with Crippen LogP contribution in [0.4, 0.5) is 0 Å². The summed E-state index contributed by atoms with van der Waals surface area (Å²) in [5, 5.41) is 0. The van der Waals surface area contributed by atoms with Crippen LogP contribution < -0.4 is 0 Å². The van der Waals surface area contributed by atoms with Gasteiger partial charge in [0.25, 0.3) is 0 Å². The molecule has 0 bridgehead atoms. The van der Waals surface area contributed by atoms with Gasteiger partial charge in [-0.25, -0.2) is 0 Å². The molecule has 0 amide bonds. The van der Waals surface area contributed by atoms with Gasteiger partial charge in [-0.15, -0.1) is 0 Å². The lowest BCUT2D eigenvalue weighted by Crippen LogP contribution is -2.26. The van der Waals surface area contributed by atoms with Crippen LogP contribution in [0.5, 0.6) is 0 Å². The van der Waals surface area contributed by atoms with Crippen molar-refractivity contribution in [2.45, 2.75) is 52.9 Å². The molecule has 0 aliphatic heterocycles. The van der Waals surface area contributed by atoms with Gasteiger partial charge in [-0.2, -0.15) is 0 Å². The first kappa shape index (κ1) is 11.9. The molecule has 0 aliphatic carbocycles. The molecule has 0 saturated heterocycles. The standard InChI is InChI=1S/C10H22OSi/c1-10(2,3)7-9(11)8-12(4,5)6/h7-8H2,1-6H3. The van der Waals surface area contributed by atoms with Gasteiger partial charge in [0, 0.05) is 12.5 Å². The summed E-state index contributed by atoms with van der Waals surface area (Å²) in [6, 6.07) is 0.838. The van der Waals surface area contributed by atoms with Crippen molar-refractivity contribution in [3.05, 3.63) is 0 Å². The Bertz CT molecular complexity index is 142. The molecule has 0 fully saturated rings. The average molecular weight is 186 g/mol. The maximum Gasteiger partial charge on any atom is 0.130 e. The van der Waals surface area contributed by atoms with Crippen molar-refractivity contribution in [1.29, 1.82) is 0 Å². The van der Waals surface area contributed by atoms with Crippen LogP contribution in [0.3, 0.4) is 0 Å². The third kappa shape index (κ3) is 7.99. The number of Topliss-reactive ketones (excluding diaryl/α,β-unsaturated/α-hetero) is 1. The first-order valence-electron chi connectivity index (χ1n) is 4.62. The van der Waals surface area contributed by atoms with E-state index >= 15 is 0 Å². The first-order valence-corrected chi connectivity index (χ1v) is 8.33. The number of hydrogen-bond acceptors (Lipinski definition) is 1. The highest BCUT2D eigenvalue weighted by molar-refractivity contribution is 6.78. The van der Waals surface area contributed by atoms with E-state index < -0.39 is 8.07 Å². The smallest absolute Gasteiger partial charge is 0.130 e. The molecule has 12 heavy (non-hydrogen) atoms. The van der Waals surface area contributed by atoms with E-state index in [0.29, 0.717) is 5.78 Å². The first-order chi connectivity index (χ1) is 5.10. The van der Waals surface area contributed by atoms with E-state index in [4.69, 9.17) is 0 Å². The second kappa shape index (κ2) is 3.73. The van der Waals surface area contributed by atoms with Crippen molar-refractivity contribution < 1.29 is 4.79 Å². The molecule has 0 heterocycles. The molecule has 0 saturated carbocycles. The summed E-state index contributed by atoms with van der Waals surface area (Å²) in [4.78, 5) is 11.5. The molecule has 72 valence electrons. The minimum Gasteiger partial charge on any atom is -0.300 e. The zero-order valence-electron chi connectivity index (χ0n) is 9.32. The molecule has 0 atom stereocenters. The predicted molar refractivity (Wildman–Crippen MR) is 57.2 cm³/mol. The summed E-state index contributed by atoms with van der Waals surface area (Å²) in [6.07, 6.45) is 0.733. The van der Waals surface area contributed by atoms with Gasteiger partial charge in [-0.3, -0.25) is 0 Å². The number of carbonyl (C=O) groups is 1. The molecule has 0 rings (SSSR count). The van der Waals surface area contributed by atoms with Crippen LogP contribution in [0, 0.1) is 5.41 Å². The molecule has 0 aromatic rings. The van der Waals surface area contributed by atoms with Crippen molar-refractivity contribution in [3.63, 3.8) is 0 Å². The average Bonchev–Trinajstić information content (AvgIpc) is 1.49. The van der Waals surface area contributed by atoms with Gasteiger partial charge in [0.05, 0.1) is 8.07 Å². The van der Waals surface area contributed by atoms with Crippen LogP contribution in [0.15, 0.2) is 0 Å². The Balaban J connectivity index is 3.92. The van der Waals surface area contributed by atoms with E-state index in [1.54, 1.807) is 0 Å². The summed E-state index contributed by atoms with van der Waals surface area (Å²) in [5.74, 6) is 0.446. The van der Waals surface area contributed by atoms with Gasteiger partial charge in [-0.1, -0.05) is 40.4 Å². The molecule has 1 nitrogen and oxygen atoms in total. The predicted octanol–water partition coefficient (Wildman–Crippen LogP) is 3.33. The van der Waals surface area contributed by atoms with Crippen LogP contribution in [0.2, 0.25) is 25.7 Å². The van der Waals surface area contributed by atoms with Crippen molar-refractivity contribution in [2.24, 2.45) is 5.41 Å². The summed E-state index contributed by atoms with van der Waals surface area (Å²) in [5.41, 5.74) is 0.163. The maximum atomic E-state index is 11.5. The normalized spacial score (nSPS) is 13.2. The van der Waals surface area contributed by atoms with Gasteiger partial charge in [0.2, 0.25) is 0 Å². The summed E-state index contributed by atoms with van der Waals surface area (Å²) in [6.45, 7) is 13.1. The molecular formula is C10H22OSi. The van der Waals surface area contributed by atoms with Gasteiger partial charge in [0.15, 0.2) is 0 Å². The summed E-state index contributed by atoms with van der Waals surface area (Å²) < 4.78 is 0. The lowest BCUT2D eigenvalue weighted by molar-refractivity contribution is -0.118. The molecule has 0 spiro atoms. The van der Waals surface area contributed by atoms with Crippen molar-refractivity contribution in [3.8, 4) is 0 Å². The second-order valence-corrected chi connectivity index (χ2v) is 11.5. The van der Waals surface area contributed by atoms with Crippen molar-refractivity contribution in [1.82, 2.24) is 0 Å². The van der Waals surface area contributed by atoms with E-state index in [1.165, 1.54) is 0 Å². The molecule has 0 N–H and O–H groups in total. The van der Waals surface area contributed by atoms with E-state index in [0.717, 1.165) is 12.5 Å². The summed E-state index contributed by atoms with van der Waals surface area (Å²) >= 11 is 0. The Morgan fingerprint density at radius 2 is 1.58 bits per heavy atom. The topological polar surface area (TPSA) is 17.1 Å². The Labute approximate surface area is 77.6 Å². The Kier molecular flexibility index (Phi) is 3.70. The Morgan fingerprint density at radius 3 is 1.83 bits per heavy atom. The van der Waals surface area contributed by atoms with Crippen LogP contribution in [-0.2, 0) is 4.79 Å². The number of hydrogen-bond donors (Lipinski definition) is 0. The van der Waals surface area contributed by atoms with Crippen LogP contribution in [0.25, 0.3) is 0 Å². The third-order valence-electron chi connectivity index (χ3n) is 1.45. The minimum absolute atomic E-state index is 0.163. The van der Waals surface area contributed by atoms with Gasteiger partial charge < -0.3 is 4.79 Å². The molecule has 2 heteroatoms. The monoisotopic (exact) mass is 186 g/mol. The minimum atomic E-state index is -1.17. The highest BCUT2D eigenvalue weighted by Crippen LogP contribution is 2.22. The van der Waals surface area contributed by atoms with E-state index in [2.05, 4.69) is 40.4 Å². The van der Waals surface area contributed by atoms with E-state index in [9.17, 15) is 4.79 Å². The SMILES string of the molecule is CC(C)(C)CC(=O)C[Si](C)(C)C.